The van der Waals surface area contributed by atoms with Gasteiger partial charge in [-0.2, -0.15) is 0 Å². The number of halogens is 2. The van der Waals surface area contributed by atoms with Crippen molar-refractivity contribution in [2.75, 3.05) is 18.4 Å². The Morgan fingerprint density at radius 2 is 2.04 bits per heavy atom. The van der Waals surface area contributed by atoms with Crippen LogP contribution in [0.2, 0.25) is 5.02 Å². The first-order valence-electron chi connectivity index (χ1n) is 7.84. The molecular weight excluding hydrogens is 408 g/mol. The molecule has 1 spiro atoms. The SMILES string of the molecule is O=C(CN1CC2(CC2)c2cc(Br)ccc2C1=O)Nc1ncc(Cl)cn1. The van der Waals surface area contributed by atoms with Crippen molar-refractivity contribution in [2.45, 2.75) is 18.3 Å². The van der Waals surface area contributed by atoms with Crippen molar-refractivity contribution in [2.24, 2.45) is 0 Å². The third-order valence-electron chi connectivity index (χ3n) is 4.62. The number of fused-ring (bicyclic) bond motifs is 2. The molecule has 25 heavy (non-hydrogen) atoms. The Balaban J connectivity index is 1.52. The van der Waals surface area contributed by atoms with Crippen molar-refractivity contribution in [3.8, 4) is 0 Å². The highest BCUT2D eigenvalue weighted by Gasteiger charge is 2.51. The van der Waals surface area contributed by atoms with E-state index in [4.69, 9.17) is 11.6 Å². The Labute approximate surface area is 157 Å². The average molecular weight is 422 g/mol. The number of hydrogen-bond acceptors (Lipinski definition) is 4. The van der Waals surface area contributed by atoms with Crippen LogP contribution < -0.4 is 5.32 Å². The summed E-state index contributed by atoms with van der Waals surface area (Å²) in [7, 11) is 0. The van der Waals surface area contributed by atoms with Crippen molar-refractivity contribution < 1.29 is 9.59 Å². The number of benzene rings is 1. The molecule has 1 aromatic heterocycles. The molecule has 8 heteroatoms. The maximum absolute atomic E-state index is 12.8. The topological polar surface area (TPSA) is 75.2 Å². The van der Waals surface area contributed by atoms with Gasteiger partial charge in [0.1, 0.15) is 6.54 Å². The molecule has 1 fully saturated rings. The molecule has 2 aromatic rings. The number of carbonyl (C=O) groups is 2. The van der Waals surface area contributed by atoms with Crippen molar-refractivity contribution >= 4 is 45.3 Å². The Bertz CT molecular complexity index is 867. The maximum atomic E-state index is 12.8. The highest BCUT2D eigenvalue weighted by molar-refractivity contribution is 9.10. The Morgan fingerprint density at radius 1 is 1.32 bits per heavy atom. The Hall–Kier alpha value is -1.99. The molecule has 1 aliphatic heterocycles. The molecule has 2 heterocycles. The number of aromatic nitrogens is 2. The zero-order valence-corrected chi connectivity index (χ0v) is 15.5. The van der Waals surface area contributed by atoms with Gasteiger partial charge in [-0.1, -0.05) is 27.5 Å². The molecule has 6 nitrogen and oxygen atoms in total. The molecule has 0 saturated heterocycles. The molecule has 0 radical (unpaired) electrons. The zero-order valence-electron chi connectivity index (χ0n) is 13.1. The van der Waals surface area contributed by atoms with E-state index in [2.05, 4.69) is 31.2 Å². The number of nitrogens with zero attached hydrogens (tertiary/aromatic N) is 3. The Morgan fingerprint density at radius 3 is 2.72 bits per heavy atom. The molecule has 128 valence electrons. The van der Waals surface area contributed by atoms with Gasteiger partial charge < -0.3 is 4.90 Å². The van der Waals surface area contributed by atoms with E-state index in [1.54, 1.807) is 4.90 Å². The maximum Gasteiger partial charge on any atom is 0.254 e. The zero-order chi connectivity index (χ0) is 17.6. The summed E-state index contributed by atoms with van der Waals surface area (Å²) < 4.78 is 0.969. The summed E-state index contributed by atoms with van der Waals surface area (Å²) in [5, 5.41) is 2.99. The van der Waals surface area contributed by atoms with Crippen LogP contribution in [0.15, 0.2) is 35.1 Å². The van der Waals surface area contributed by atoms with Gasteiger partial charge in [0.05, 0.1) is 17.4 Å². The number of nitrogens with one attached hydrogen (secondary N) is 1. The van der Waals surface area contributed by atoms with E-state index >= 15 is 0 Å². The van der Waals surface area contributed by atoms with Crippen LogP contribution in [0.1, 0.15) is 28.8 Å². The van der Waals surface area contributed by atoms with E-state index in [0.717, 1.165) is 22.9 Å². The second-order valence-corrected chi connectivity index (χ2v) is 7.76. The van der Waals surface area contributed by atoms with Crippen molar-refractivity contribution in [1.29, 1.82) is 0 Å². The molecule has 1 saturated carbocycles. The monoisotopic (exact) mass is 420 g/mol. The van der Waals surface area contributed by atoms with Gasteiger partial charge in [-0.15, -0.1) is 0 Å². The van der Waals surface area contributed by atoms with Gasteiger partial charge in [0.15, 0.2) is 0 Å². The number of amides is 2. The predicted octanol–water partition coefficient (Wildman–Crippen LogP) is 3.02. The summed E-state index contributed by atoms with van der Waals surface area (Å²) in [6.07, 6.45) is 4.87. The van der Waals surface area contributed by atoms with Gasteiger partial charge in [-0.25, -0.2) is 9.97 Å². The fraction of sp³-hybridized carbons (Fsp3) is 0.294. The largest absolute Gasteiger partial charge is 0.328 e. The van der Waals surface area contributed by atoms with Crippen LogP contribution in [-0.4, -0.2) is 39.8 Å². The molecule has 1 N–H and O–H groups in total. The minimum absolute atomic E-state index is 0.00985. The van der Waals surface area contributed by atoms with E-state index in [1.807, 2.05) is 18.2 Å². The fourth-order valence-electron chi connectivity index (χ4n) is 3.25. The molecule has 1 aromatic carbocycles. The van der Waals surface area contributed by atoms with Gasteiger partial charge in [0, 0.05) is 22.0 Å². The molecular formula is C17H14BrClN4O2. The summed E-state index contributed by atoms with van der Waals surface area (Å²) in [4.78, 5) is 34.5. The standard InChI is InChI=1S/C17H14BrClN4O2/c18-10-1-2-12-13(5-10)17(3-4-17)9-23(15(12)25)8-14(24)22-16-20-6-11(19)7-21-16/h1-2,5-7H,3-4,8-9H2,(H,20,21,22,24). The Kier molecular flexibility index (Phi) is 4.00. The van der Waals surface area contributed by atoms with Crippen molar-refractivity contribution in [1.82, 2.24) is 14.9 Å². The van der Waals surface area contributed by atoms with Crippen LogP contribution in [0.25, 0.3) is 0 Å². The third kappa shape index (κ3) is 3.14. The van der Waals surface area contributed by atoms with E-state index in [9.17, 15) is 9.59 Å². The second-order valence-electron chi connectivity index (χ2n) is 6.40. The molecule has 2 amide bonds. The summed E-state index contributed by atoms with van der Waals surface area (Å²) in [5.41, 5.74) is 1.76. The summed E-state index contributed by atoms with van der Waals surface area (Å²) in [6.45, 7) is 0.534. The molecule has 0 bridgehead atoms. The first-order valence-corrected chi connectivity index (χ1v) is 9.01. The molecule has 2 aliphatic rings. The lowest BCUT2D eigenvalue weighted by Crippen LogP contribution is -2.46. The van der Waals surface area contributed by atoms with Gasteiger partial charge in [0.2, 0.25) is 11.9 Å². The molecule has 0 unspecified atom stereocenters. The number of rotatable bonds is 3. The van der Waals surface area contributed by atoms with E-state index in [0.29, 0.717) is 17.1 Å². The minimum Gasteiger partial charge on any atom is -0.328 e. The summed E-state index contributed by atoms with van der Waals surface area (Å²) >= 11 is 9.20. The van der Waals surface area contributed by atoms with Crippen LogP contribution in [0.3, 0.4) is 0 Å². The minimum atomic E-state index is -0.327. The van der Waals surface area contributed by atoms with Gasteiger partial charge in [-0.05, 0) is 36.6 Å². The number of hydrogen-bond donors (Lipinski definition) is 1. The summed E-state index contributed by atoms with van der Waals surface area (Å²) in [6, 6.07) is 5.71. The first kappa shape index (κ1) is 16.5. The van der Waals surface area contributed by atoms with Crippen LogP contribution in [-0.2, 0) is 10.2 Å². The lowest BCUT2D eigenvalue weighted by Gasteiger charge is -2.34. The number of anilines is 1. The normalized spacial score (nSPS) is 17.4. The fourth-order valence-corrected chi connectivity index (χ4v) is 3.71. The van der Waals surface area contributed by atoms with Crippen molar-refractivity contribution in [3.05, 3.63) is 51.2 Å². The average Bonchev–Trinajstić information content (AvgIpc) is 3.35. The van der Waals surface area contributed by atoms with Gasteiger partial charge >= 0.3 is 0 Å². The number of carbonyl (C=O) groups excluding carboxylic acids is 2. The summed E-state index contributed by atoms with van der Waals surface area (Å²) in [5.74, 6) is -0.274. The smallest absolute Gasteiger partial charge is 0.254 e. The predicted molar refractivity (Wildman–Crippen MR) is 96.6 cm³/mol. The van der Waals surface area contributed by atoms with Crippen LogP contribution >= 0.6 is 27.5 Å². The lowest BCUT2D eigenvalue weighted by atomic mass is 9.86. The van der Waals surface area contributed by atoms with Crippen LogP contribution in [0.4, 0.5) is 5.95 Å². The van der Waals surface area contributed by atoms with E-state index in [-0.39, 0.29) is 29.7 Å². The second kappa shape index (κ2) is 6.07. The highest BCUT2D eigenvalue weighted by atomic mass is 79.9. The molecule has 0 atom stereocenters. The lowest BCUT2D eigenvalue weighted by molar-refractivity contribution is -0.117. The molecule has 1 aliphatic carbocycles. The molecule has 4 rings (SSSR count). The van der Waals surface area contributed by atoms with E-state index < -0.39 is 0 Å². The first-order chi connectivity index (χ1) is 12.0. The quantitative estimate of drug-likeness (QED) is 0.826. The van der Waals surface area contributed by atoms with Crippen molar-refractivity contribution in [3.63, 3.8) is 0 Å². The highest BCUT2D eigenvalue weighted by Crippen LogP contribution is 2.52. The third-order valence-corrected chi connectivity index (χ3v) is 5.31. The van der Waals surface area contributed by atoms with E-state index in [1.165, 1.54) is 12.4 Å². The van der Waals surface area contributed by atoms with Gasteiger partial charge in [0.25, 0.3) is 5.91 Å². The van der Waals surface area contributed by atoms with Gasteiger partial charge in [-0.3, -0.25) is 14.9 Å². The van der Waals surface area contributed by atoms with Crippen LogP contribution in [0, 0.1) is 0 Å². The van der Waals surface area contributed by atoms with Crippen LogP contribution in [0.5, 0.6) is 0 Å².